The Morgan fingerprint density at radius 3 is 3.00 bits per heavy atom. The van der Waals surface area contributed by atoms with Crippen molar-refractivity contribution in [1.82, 2.24) is 4.98 Å². The number of nitrogens with one attached hydrogen (secondary N) is 1. The molecule has 0 aliphatic carbocycles. The summed E-state index contributed by atoms with van der Waals surface area (Å²) in [6.07, 6.45) is 0. The molecule has 0 fully saturated rings. The van der Waals surface area contributed by atoms with Crippen LogP contribution in [0.15, 0.2) is 22.5 Å². The van der Waals surface area contributed by atoms with E-state index in [0.717, 1.165) is 22.1 Å². The molecule has 80 valence electrons. The monoisotopic (exact) mass is 238 g/mol. The third-order valence-corrected chi connectivity index (χ3v) is 3.29. The Hall–Kier alpha value is -0.740. The second-order valence-electron chi connectivity index (χ2n) is 3.95. The molecule has 1 N–H and O–H groups in total. The zero-order valence-electron chi connectivity index (χ0n) is 8.82. The molecule has 1 heterocycles. The van der Waals surface area contributed by atoms with Gasteiger partial charge in [-0.3, -0.25) is 0 Å². The first-order valence-electron chi connectivity index (χ1n) is 4.98. The lowest BCUT2D eigenvalue weighted by molar-refractivity contribution is 0.689. The molecule has 0 saturated carbocycles. The van der Waals surface area contributed by atoms with Gasteiger partial charge in [-0.25, -0.2) is 4.98 Å². The highest BCUT2D eigenvalue weighted by atomic mass is 32.2. The van der Waals surface area contributed by atoms with E-state index in [2.05, 4.69) is 48.9 Å². The number of hydrogen-bond acceptors (Lipinski definition) is 4. The number of thiol groups is 1. The van der Waals surface area contributed by atoms with Crippen LogP contribution in [0, 0.1) is 5.92 Å². The normalized spacial score (nSPS) is 11.2. The first-order chi connectivity index (χ1) is 7.15. The largest absolute Gasteiger partial charge is 0.385 e. The highest BCUT2D eigenvalue weighted by Crippen LogP contribution is 2.26. The van der Waals surface area contributed by atoms with Gasteiger partial charge in [0.25, 0.3) is 0 Å². The number of aromatic nitrogens is 1. The molecule has 1 aromatic heterocycles. The minimum atomic E-state index is 0.655. The quantitative estimate of drug-likeness (QED) is 0.798. The van der Waals surface area contributed by atoms with Gasteiger partial charge in [-0.2, -0.15) is 0 Å². The van der Waals surface area contributed by atoms with Crippen molar-refractivity contribution in [2.45, 2.75) is 18.2 Å². The van der Waals surface area contributed by atoms with Gasteiger partial charge in [-0.1, -0.05) is 13.8 Å². The maximum absolute atomic E-state index is 4.30. The molecular formula is C11H14N2S2. The van der Waals surface area contributed by atoms with Gasteiger partial charge in [0.15, 0.2) is 0 Å². The lowest BCUT2D eigenvalue weighted by Crippen LogP contribution is -2.07. The van der Waals surface area contributed by atoms with E-state index >= 15 is 0 Å². The zero-order chi connectivity index (χ0) is 10.8. The Balaban J connectivity index is 2.22. The molecule has 2 rings (SSSR count). The van der Waals surface area contributed by atoms with Crippen molar-refractivity contribution < 1.29 is 0 Å². The van der Waals surface area contributed by atoms with Gasteiger partial charge < -0.3 is 5.32 Å². The lowest BCUT2D eigenvalue weighted by Gasteiger charge is -2.08. The van der Waals surface area contributed by atoms with E-state index in [1.54, 1.807) is 11.3 Å². The van der Waals surface area contributed by atoms with Gasteiger partial charge in [0.05, 0.1) is 10.2 Å². The van der Waals surface area contributed by atoms with Gasteiger partial charge in [0, 0.05) is 12.2 Å². The van der Waals surface area contributed by atoms with Crippen molar-refractivity contribution in [2.75, 3.05) is 11.9 Å². The van der Waals surface area contributed by atoms with Crippen LogP contribution in [0.3, 0.4) is 0 Å². The van der Waals surface area contributed by atoms with Crippen molar-refractivity contribution in [3.8, 4) is 0 Å². The highest BCUT2D eigenvalue weighted by Gasteiger charge is 2.02. The Bertz CT molecular complexity index is 463. The Labute approximate surface area is 99.1 Å². The predicted octanol–water partition coefficient (Wildman–Crippen LogP) is 3.65. The molecule has 1 aromatic carbocycles. The zero-order valence-corrected chi connectivity index (χ0v) is 10.5. The lowest BCUT2D eigenvalue weighted by atomic mass is 10.2. The number of hydrogen-bond donors (Lipinski definition) is 2. The van der Waals surface area contributed by atoms with E-state index in [0.29, 0.717) is 5.92 Å². The van der Waals surface area contributed by atoms with Crippen molar-refractivity contribution in [1.29, 1.82) is 0 Å². The summed E-state index contributed by atoms with van der Waals surface area (Å²) in [5.74, 6) is 0.655. The number of benzene rings is 1. The minimum Gasteiger partial charge on any atom is -0.385 e. The molecular weight excluding hydrogens is 224 g/mol. The molecule has 0 saturated heterocycles. The summed E-state index contributed by atoms with van der Waals surface area (Å²) in [7, 11) is 0. The molecule has 0 radical (unpaired) electrons. The molecule has 4 heteroatoms. The molecule has 0 bridgehead atoms. The van der Waals surface area contributed by atoms with Gasteiger partial charge in [0.2, 0.25) is 0 Å². The summed E-state index contributed by atoms with van der Waals surface area (Å²) in [5, 5.41) is 3.40. The third kappa shape index (κ3) is 2.63. The van der Waals surface area contributed by atoms with Crippen LogP contribution in [0.1, 0.15) is 13.8 Å². The van der Waals surface area contributed by atoms with Crippen molar-refractivity contribution in [3.05, 3.63) is 18.2 Å². The van der Waals surface area contributed by atoms with Gasteiger partial charge in [0.1, 0.15) is 4.34 Å². The van der Waals surface area contributed by atoms with E-state index in [4.69, 9.17) is 0 Å². The summed E-state index contributed by atoms with van der Waals surface area (Å²) in [4.78, 5) is 4.30. The average Bonchev–Trinajstić information content (AvgIpc) is 2.53. The standard InChI is InChI=1S/C11H14N2S2/c1-7(2)6-12-8-3-4-9-10(5-8)15-11(14)13-9/h3-5,7,12H,6H2,1-2H3,(H,13,14). The molecule has 15 heavy (non-hydrogen) atoms. The smallest absolute Gasteiger partial charge is 0.148 e. The molecule has 0 aliphatic heterocycles. The fourth-order valence-electron chi connectivity index (χ4n) is 1.34. The van der Waals surface area contributed by atoms with Crippen LogP contribution in [-0.4, -0.2) is 11.5 Å². The fourth-order valence-corrected chi connectivity index (χ4v) is 2.49. The maximum atomic E-state index is 4.30. The van der Waals surface area contributed by atoms with Gasteiger partial charge in [-0.15, -0.1) is 24.0 Å². The summed E-state index contributed by atoms with van der Waals surface area (Å²) >= 11 is 5.86. The van der Waals surface area contributed by atoms with Crippen LogP contribution in [0.4, 0.5) is 5.69 Å². The Morgan fingerprint density at radius 2 is 2.27 bits per heavy atom. The molecule has 2 aromatic rings. The number of nitrogens with zero attached hydrogens (tertiary/aromatic N) is 1. The average molecular weight is 238 g/mol. The van der Waals surface area contributed by atoms with Crippen molar-refractivity contribution >= 4 is 39.9 Å². The second-order valence-corrected chi connectivity index (χ2v) is 5.71. The third-order valence-electron chi connectivity index (χ3n) is 2.09. The van der Waals surface area contributed by atoms with Crippen LogP contribution in [0.5, 0.6) is 0 Å². The topological polar surface area (TPSA) is 24.9 Å². The van der Waals surface area contributed by atoms with E-state index in [1.165, 1.54) is 4.70 Å². The number of anilines is 1. The molecule has 0 amide bonds. The number of fused-ring (bicyclic) bond motifs is 1. The van der Waals surface area contributed by atoms with E-state index in [-0.39, 0.29) is 0 Å². The molecule has 2 nitrogen and oxygen atoms in total. The molecule has 0 aliphatic rings. The summed E-state index contributed by atoms with van der Waals surface area (Å²) in [6.45, 7) is 5.39. The first-order valence-corrected chi connectivity index (χ1v) is 6.25. The SMILES string of the molecule is CC(C)CNc1ccc2nc(S)sc2c1. The van der Waals surface area contributed by atoms with E-state index < -0.39 is 0 Å². The number of thiazole rings is 1. The van der Waals surface area contributed by atoms with Crippen LogP contribution in [-0.2, 0) is 0 Å². The predicted molar refractivity (Wildman–Crippen MR) is 70.2 cm³/mol. The summed E-state index contributed by atoms with van der Waals surface area (Å²) < 4.78 is 2.01. The van der Waals surface area contributed by atoms with Crippen LogP contribution in [0.25, 0.3) is 10.2 Å². The fraction of sp³-hybridized carbons (Fsp3) is 0.364. The molecule has 0 atom stereocenters. The van der Waals surface area contributed by atoms with Crippen molar-refractivity contribution in [2.24, 2.45) is 5.92 Å². The Morgan fingerprint density at radius 1 is 1.47 bits per heavy atom. The molecule has 0 spiro atoms. The van der Waals surface area contributed by atoms with Crippen LogP contribution in [0.2, 0.25) is 0 Å². The Kier molecular flexibility index (Phi) is 3.17. The van der Waals surface area contributed by atoms with E-state index in [9.17, 15) is 0 Å². The van der Waals surface area contributed by atoms with Crippen LogP contribution < -0.4 is 5.32 Å². The van der Waals surface area contributed by atoms with Crippen LogP contribution >= 0.6 is 24.0 Å². The summed E-state index contributed by atoms with van der Waals surface area (Å²) in [6, 6.07) is 6.24. The van der Waals surface area contributed by atoms with E-state index in [1.807, 2.05) is 6.07 Å². The van der Waals surface area contributed by atoms with Gasteiger partial charge >= 0.3 is 0 Å². The minimum absolute atomic E-state index is 0.655. The number of rotatable bonds is 3. The van der Waals surface area contributed by atoms with Crippen molar-refractivity contribution in [3.63, 3.8) is 0 Å². The summed E-state index contributed by atoms with van der Waals surface area (Å²) in [5.41, 5.74) is 2.19. The second kappa shape index (κ2) is 4.41. The molecule has 0 unspecified atom stereocenters. The van der Waals surface area contributed by atoms with Gasteiger partial charge in [-0.05, 0) is 24.1 Å². The first kappa shape index (κ1) is 10.8. The highest BCUT2D eigenvalue weighted by molar-refractivity contribution is 7.82. The maximum Gasteiger partial charge on any atom is 0.148 e.